The molecule has 1 amide bonds. The molecule has 1 atom stereocenters. The maximum absolute atomic E-state index is 11.8. The van der Waals surface area contributed by atoms with E-state index in [0.29, 0.717) is 36.8 Å². The van der Waals surface area contributed by atoms with Gasteiger partial charge in [-0.2, -0.15) is 0 Å². The molecule has 0 radical (unpaired) electrons. The number of rotatable bonds is 8. The van der Waals surface area contributed by atoms with Gasteiger partial charge in [-0.05, 0) is 44.5 Å². The number of nitrogens with one attached hydrogen (secondary N) is 1. The molecule has 116 valence electrons. The van der Waals surface area contributed by atoms with Gasteiger partial charge in [-0.25, -0.2) is 0 Å². The van der Waals surface area contributed by atoms with Crippen molar-refractivity contribution in [3.8, 4) is 5.75 Å². The highest BCUT2D eigenvalue weighted by Crippen LogP contribution is 2.16. The summed E-state index contributed by atoms with van der Waals surface area (Å²) in [5, 5.41) is 3.32. The van der Waals surface area contributed by atoms with Crippen molar-refractivity contribution in [1.82, 2.24) is 5.32 Å². The Morgan fingerprint density at radius 1 is 1.29 bits per heavy atom. The largest absolute Gasteiger partial charge is 0.481 e. The zero-order valence-corrected chi connectivity index (χ0v) is 13.0. The van der Waals surface area contributed by atoms with Crippen molar-refractivity contribution in [3.05, 3.63) is 29.3 Å². The van der Waals surface area contributed by atoms with E-state index in [4.69, 9.17) is 21.1 Å². The molecule has 1 unspecified atom stereocenters. The standard InChI is InChI=1S/C15H20ClNO4/c1-3-20-14(18)5-4-10-17-15(19)11(2)21-13-8-6-12(16)7-9-13/h6-9,11H,3-5,10H2,1-2H3,(H,17,19). The molecule has 1 aromatic carbocycles. The van der Waals surface area contributed by atoms with E-state index in [1.165, 1.54) is 0 Å². The zero-order chi connectivity index (χ0) is 15.7. The minimum Gasteiger partial charge on any atom is -0.481 e. The van der Waals surface area contributed by atoms with Crippen molar-refractivity contribution in [1.29, 1.82) is 0 Å². The van der Waals surface area contributed by atoms with E-state index in [1.807, 2.05) is 0 Å². The summed E-state index contributed by atoms with van der Waals surface area (Å²) < 4.78 is 10.3. The normalized spacial score (nSPS) is 11.6. The van der Waals surface area contributed by atoms with Gasteiger partial charge < -0.3 is 14.8 Å². The van der Waals surface area contributed by atoms with Gasteiger partial charge in [0.15, 0.2) is 6.10 Å². The number of hydrogen-bond acceptors (Lipinski definition) is 4. The fraction of sp³-hybridized carbons (Fsp3) is 0.467. The topological polar surface area (TPSA) is 64.6 Å². The molecule has 6 heteroatoms. The lowest BCUT2D eigenvalue weighted by Crippen LogP contribution is -2.36. The number of hydrogen-bond donors (Lipinski definition) is 1. The summed E-state index contributed by atoms with van der Waals surface area (Å²) in [5.41, 5.74) is 0. The first-order valence-corrected chi connectivity index (χ1v) is 7.26. The highest BCUT2D eigenvalue weighted by molar-refractivity contribution is 6.30. The summed E-state index contributed by atoms with van der Waals surface area (Å²) >= 11 is 5.77. The summed E-state index contributed by atoms with van der Waals surface area (Å²) in [5.74, 6) is 0.0968. The van der Waals surface area contributed by atoms with E-state index in [9.17, 15) is 9.59 Å². The third kappa shape index (κ3) is 6.99. The maximum atomic E-state index is 11.8. The average Bonchev–Trinajstić information content (AvgIpc) is 2.46. The van der Waals surface area contributed by atoms with Crippen LogP contribution in [0.1, 0.15) is 26.7 Å². The Morgan fingerprint density at radius 2 is 1.95 bits per heavy atom. The molecule has 0 bridgehead atoms. The van der Waals surface area contributed by atoms with Gasteiger partial charge in [-0.3, -0.25) is 9.59 Å². The predicted octanol–water partition coefficient (Wildman–Crippen LogP) is 2.57. The second kappa shape index (κ2) is 9.23. The van der Waals surface area contributed by atoms with E-state index in [1.54, 1.807) is 38.1 Å². The Balaban J connectivity index is 2.25. The number of amides is 1. The van der Waals surface area contributed by atoms with Gasteiger partial charge in [-0.15, -0.1) is 0 Å². The Morgan fingerprint density at radius 3 is 2.57 bits per heavy atom. The van der Waals surface area contributed by atoms with Crippen molar-refractivity contribution >= 4 is 23.5 Å². The molecular formula is C15H20ClNO4. The Labute approximate surface area is 129 Å². The molecule has 0 saturated carbocycles. The predicted molar refractivity (Wildman–Crippen MR) is 80.4 cm³/mol. The third-order valence-corrected chi connectivity index (χ3v) is 2.91. The molecule has 1 N–H and O–H groups in total. The van der Waals surface area contributed by atoms with Crippen molar-refractivity contribution in [2.24, 2.45) is 0 Å². The van der Waals surface area contributed by atoms with Gasteiger partial charge in [0, 0.05) is 18.0 Å². The van der Waals surface area contributed by atoms with Gasteiger partial charge in [-0.1, -0.05) is 11.6 Å². The number of esters is 1. The Kier molecular flexibility index (Phi) is 7.61. The van der Waals surface area contributed by atoms with E-state index in [0.717, 1.165) is 0 Å². The van der Waals surface area contributed by atoms with Gasteiger partial charge in [0.05, 0.1) is 6.61 Å². The molecule has 1 rings (SSSR count). The number of carbonyl (C=O) groups excluding carboxylic acids is 2. The van der Waals surface area contributed by atoms with Crippen molar-refractivity contribution in [2.75, 3.05) is 13.2 Å². The monoisotopic (exact) mass is 313 g/mol. The zero-order valence-electron chi connectivity index (χ0n) is 12.2. The van der Waals surface area contributed by atoms with Crippen LogP contribution in [0.5, 0.6) is 5.75 Å². The number of ether oxygens (including phenoxy) is 2. The molecule has 0 spiro atoms. The molecule has 5 nitrogen and oxygen atoms in total. The smallest absolute Gasteiger partial charge is 0.305 e. The molecule has 0 saturated heterocycles. The minimum absolute atomic E-state index is 0.228. The second-order valence-electron chi connectivity index (χ2n) is 4.41. The number of halogens is 1. The molecular weight excluding hydrogens is 294 g/mol. The molecule has 0 aliphatic carbocycles. The van der Waals surface area contributed by atoms with Crippen LogP contribution in [0.25, 0.3) is 0 Å². The first-order valence-electron chi connectivity index (χ1n) is 6.88. The van der Waals surface area contributed by atoms with Crippen LogP contribution >= 0.6 is 11.6 Å². The lowest BCUT2D eigenvalue weighted by atomic mass is 10.3. The molecule has 0 fully saturated rings. The van der Waals surface area contributed by atoms with Crippen LogP contribution in [-0.4, -0.2) is 31.1 Å². The van der Waals surface area contributed by atoms with Crippen LogP contribution < -0.4 is 10.1 Å². The van der Waals surface area contributed by atoms with Crippen LogP contribution in [0, 0.1) is 0 Å². The summed E-state index contributed by atoms with van der Waals surface area (Å²) in [6.07, 6.45) is 0.215. The van der Waals surface area contributed by atoms with Crippen LogP contribution in [0.4, 0.5) is 0 Å². The van der Waals surface area contributed by atoms with Crippen LogP contribution in [0.2, 0.25) is 5.02 Å². The fourth-order valence-electron chi connectivity index (χ4n) is 1.59. The van der Waals surface area contributed by atoms with Crippen LogP contribution in [0.15, 0.2) is 24.3 Å². The summed E-state index contributed by atoms with van der Waals surface area (Å²) in [4.78, 5) is 22.9. The fourth-order valence-corrected chi connectivity index (χ4v) is 1.72. The summed E-state index contributed by atoms with van der Waals surface area (Å²) in [6.45, 7) is 4.20. The lowest BCUT2D eigenvalue weighted by molar-refractivity contribution is -0.143. The van der Waals surface area contributed by atoms with Gasteiger partial charge in [0.1, 0.15) is 5.75 Å². The molecule has 21 heavy (non-hydrogen) atoms. The van der Waals surface area contributed by atoms with E-state index < -0.39 is 6.10 Å². The van der Waals surface area contributed by atoms with Crippen molar-refractivity contribution in [3.63, 3.8) is 0 Å². The summed E-state index contributed by atoms with van der Waals surface area (Å²) in [6, 6.07) is 6.79. The van der Waals surface area contributed by atoms with Crippen LogP contribution in [-0.2, 0) is 14.3 Å². The quantitative estimate of drug-likeness (QED) is 0.592. The van der Waals surface area contributed by atoms with Gasteiger partial charge >= 0.3 is 5.97 Å². The van der Waals surface area contributed by atoms with Crippen molar-refractivity contribution in [2.45, 2.75) is 32.8 Å². The van der Waals surface area contributed by atoms with Gasteiger partial charge in [0.25, 0.3) is 5.91 Å². The van der Waals surface area contributed by atoms with E-state index in [-0.39, 0.29) is 11.9 Å². The lowest BCUT2D eigenvalue weighted by Gasteiger charge is -2.14. The summed E-state index contributed by atoms with van der Waals surface area (Å²) in [7, 11) is 0. The number of benzene rings is 1. The van der Waals surface area contributed by atoms with E-state index >= 15 is 0 Å². The van der Waals surface area contributed by atoms with Crippen LogP contribution in [0.3, 0.4) is 0 Å². The maximum Gasteiger partial charge on any atom is 0.305 e. The average molecular weight is 314 g/mol. The SMILES string of the molecule is CCOC(=O)CCCNC(=O)C(C)Oc1ccc(Cl)cc1. The Hall–Kier alpha value is -1.75. The highest BCUT2D eigenvalue weighted by atomic mass is 35.5. The van der Waals surface area contributed by atoms with E-state index in [2.05, 4.69) is 5.32 Å². The Bertz CT molecular complexity index is 461. The number of carbonyl (C=O) groups is 2. The first kappa shape index (κ1) is 17.3. The first-order chi connectivity index (χ1) is 10.0. The molecule has 0 aliphatic heterocycles. The highest BCUT2D eigenvalue weighted by Gasteiger charge is 2.14. The molecule has 1 aromatic rings. The van der Waals surface area contributed by atoms with Gasteiger partial charge in [0.2, 0.25) is 0 Å². The third-order valence-electron chi connectivity index (χ3n) is 2.66. The molecule has 0 heterocycles. The molecule has 0 aliphatic rings. The second-order valence-corrected chi connectivity index (χ2v) is 4.85. The molecule has 0 aromatic heterocycles. The van der Waals surface area contributed by atoms with Crippen molar-refractivity contribution < 1.29 is 19.1 Å². The minimum atomic E-state index is -0.617.